The van der Waals surface area contributed by atoms with Crippen LogP contribution in [0.25, 0.3) is 0 Å². The van der Waals surface area contributed by atoms with E-state index in [-0.39, 0.29) is 16.9 Å². The van der Waals surface area contributed by atoms with Gasteiger partial charge in [-0.3, -0.25) is 4.79 Å². The molecule has 0 spiro atoms. The van der Waals surface area contributed by atoms with E-state index in [2.05, 4.69) is 34.6 Å². The summed E-state index contributed by atoms with van der Waals surface area (Å²) in [6.45, 7) is 15.9. The van der Waals surface area contributed by atoms with Crippen LogP contribution >= 0.6 is 0 Å². The van der Waals surface area contributed by atoms with Gasteiger partial charge in [0.25, 0.3) is 0 Å². The summed E-state index contributed by atoms with van der Waals surface area (Å²) in [5.41, 5.74) is 4.25. The summed E-state index contributed by atoms with van der Waals surface area (Å²) in [5, 5.41) is 0. The number of aliphatic imine (C=N–C) groups is 1. The Kier molecular flexibility index (Phi) is 3.51. The summed E-state index contributed by atoms with van der Waals surface area (Å²) >= 11 is 0. The van der Waals surface area contributed by atoms with Gasteiger partial charge in [0.2, 0.25) is 5.90 Å². The molecule has 0 atom stereocenters. The predicted octanol–water partition coefficient (Wildman–Crippen LogP) is 4.15. The molecule has 1 aromatic rings. The molecule has 0 saturated heterocycles. The number of carbonyl (C=O) groups excluding carboxylic acids is 1. The van der Waals surface area contributed by atoms with Gasteiger partial charge in [-0.25, -0.2) is 4.99 Å². The molecule has 21 heavy (non-hydrogen) atoms. The fourth-order valence-electron chi connectivity index (χ4n) is 2.62. The highest BCUT2D eigenvalue weighted by atomic mass is 16.5. The Bertz CT molecular complexity index is 652. The zero-order valence-corrected chi connectivity index (χ0v) is 14.3. The lowest BCUT2D eigenvalue weighted by molar-refractivity contribution is 0.0619. The molecule has 0 amide bonds. The lowest BCUT2D eigenvalue weighted by Gasteiger charge is -2.30. The van der Waals surface area contributed by atoms with Crippen LogP contribution in [-0.2, 0) is 4.74 Å². The Balaban J connectivity index is 2.69. The number of aryl methyl sites for hydroxylation is 1. The number of benzene rings is 1. The molecule has 0 unspecified atom stereocenters. The zero-order valence-electron chi connectivity index (χ0n) is 14.3. The quantitative estimate of drug-likeness (QED) is 0.766. The Labute approximate surface area is 127 Å². The molecule has 0 bridgehead atoms. The highest BCUT2D eigenvalue weighted by Gasteiger charge is 2.46. The lowest BCUT2D eigenvalue weighted by Crippen LogP contribution is -2.41. The number of ketones is 1. The fraction of sp³-hybridized carbons (Fsp3) is 0.556. The van der Waals surface area contributed by atoms with Crippen molar-refractivity contribution in [3.63, 3.8) is 0 Å². The van der Waals surface area contributed by atoms with Crippen LogP contribution in [0.15, 0.2) is 11.1 Å². The van der Waals surface area contributed by atoms with Gasteiger partial charge in [0, 0.05) is 11.1 Å². The number of ether oxygens (including phenoxy) is 1. The van der Waals surface area contributed by atoms with Gasteiger partial charge in [-0.1, -0.05) is 0 Å². The Morgan fingerprint density at radius 3 is 2.10 bits per heavy atom. The second-order valence-corrected chi connectivity index (χ2v) is 7.01. The van der Waals surface area contributed by atoms with E-state index in [0.29, 0.717) is 5.90 Å². The van der Waals surface area contributed by atoms with Gasteiger partial charge in [-0.05, 0) is 78.1 Å². The lowest BCUT2D eigenvalue weighted by atomic mass is 9.87. The van der Waals surface area contributed by atoms with Gasteiger partial charge < -0.3 is 4.74 Å². The normalized spacial score (nSPS) is 19.1. The maximum atomic E-state index is 11.9. The highest BCUT2D eigenvalue weighted by Crippen LogP contribution is 2.38. The Morgan fingerprint density at radius 2 is 1.67 bits per heavy atom. The first-order chi connectivity index (χ1) is 9.48. The topological polar surface area (TPSA) is 38.7 Å². The average molecular weight is 287 g/mol. The van der Waals surface area contributed by atoms with Crippen LogP contribution in [0, 0.1) is 20.8 Å². The first-order valence-electron chi connectivity index (χ1n) is 7.39. The number of nitrogens with zero attached hydrogens (tertiary/aromatic N) is 1. The van der Waals surface area contributed by atoms with Crippen LogP contribution in [0.3, 0.4) is 0 Å². The van der Waals surface area contributed by atoms with Crippen molar-refractivity contribution in [3.05, 3.63) is 33.9 Å². The van der Waals surface area contributed by atoms with E-state index in [9.17, 15) is 4.79 Å². The number of hydrogen-bond acceptors (Lipinski definition) is 3. The van der Waals surface area contributed by atoms with Gasteiger partial charge in [-0.2, -0.15) is 0 Å². The molecule has 3 heteroatoms. The summed E-state index contributed by atoms with van der Waals surface area (Å²) < 4.78 is 6.14. The molecule has 2 rings (SSSR count). The van der Waals surface area contributed by atoms with E-state index in [1.807, 2.05) is 19.9 Å². The van der Waals surface area contributed by atoms with E-state index < -0.39 is 0 Å². The molecule has 0 N–H and O–H groups in total. The van der Waals surface area contributed by atoms with Crippen molar-refractivity contribution in [2.75, 3.05) is 0 Å². The second kappa shape index (κ2) is 4.69. The second-order valence-electron chi connectivity index (χ2n) is 7.01. The van der Waals surface area contributed by atoms with Crippen LogP contribution < -0.4 is 0 Å². The third-order valence-electron chi connectivity index (χ3n) is 4.91. The van der Waals surface area contributed by atoms with E-state index in [1.165, 1.54) is 0 Å². The number of hydrogen-bond donors (Lipinski definition) is 0. The Hall–Kier alpha value is -1.64. The smallest absolute Gasteiger partial charge is 0.217 e. The summed E-state index contributed by atoms with van der Waals surface area (Å²) in [7, 11) is 0. The molecule has 1 heterocycles. The van der Waals surface area contributed by atoms with Gasteiger partial charge in [0.05, 0.1) is 5.54 Å². The minimum atomic E-state index is -0.360. The van der Waals surface area contributed by atoms with E-state index in [4.69, 9.17) is 9.73 Å². The van der Waals surface area contributed by atoms with Crippen LogP contribution in [0.5, 0.6) is 0 Å². The van der Waals surface area contributed by atoms with Crippen molar-refractivity contribution < 1.29 is 9.53 Å². The molecular weight excluding hydrogens is 262 g/mol. The Morgan fingerprint density at radius 1 is 1.10 bits per heavy atom. The molecule has 0 fully saturated rings. The van der Waals surface area contributed by atoms with Gasteiger partial charge in [-0.15, -0.1) is 0 Å². The van der Waals surface area contributed by atoms with Crippen molar-refractivity contribution >= 4 is 11.7 Å². The molecule has 1 aliphatic heterocycles. The standard InChI is InChI=1S/C18H25NO2/c1-10-9-14(13(4)20)12(3)15(11(10)2)16-19-17(5,6)18(7,8)21-16/h9H,1-8H3. The molecule has 0 aromatic heterocycles. The molecular formula is C18H25NO2. The summed E-state index contributed by atoms with van der Waals surface area (Å²) in [6.07, 6.45) is 0. The average Bonchev–Trinajstić information content (AvgIpc) is 2.52. The van der Waals surface area contributed by atoms with Crippen molar-refractivity contribution in [3.8, 4) is 0 Å². The summed E-state index contributed by atoms with van der Waals surface area (Å²) in [6, 6.07) is 1.96. The maximum Gasteiger partial charge on any atom is 0.217 e. The summed E-state index contributed by atoms with van der Waals surface area (Å²) in [5.74, 6) is 0.736. The number of carbonyl (C=O) groups is 1. The third kappa shape index (κ3) is 2.39. The van der Waals surface area contributed by atoms with Gasteiger partial charge >= 0.3 is 0 Å². The first kappa shape index (κ1) is 15.7. The monoisotopic (exact) mass is 287 g/mol. The first-order valence-corrected chi connectivity index (χ1v) is 7.39. The van der Waals surface area contributed by atoms with Gasteiger partial charge in [0.15, 0.2) is 5.78 Å². The summed E-state index contributed by atoms with van der Waals surface area (Å²) in [4.78, 5) is 16.7. The molecule has 1 aromatic carbocycles. The molecule has 0 saturated carbocycles. The minimum Gasteiger partial charge on any atom is -0.469 e. The van der Waals surface area contributed by atoms with Crippen LogP contribution in [0.1, 0.15) is 67.2 Å². The third-order valence-corrected chi connectivity index (χ3v) is 4.91. The van der Waals surface area contributed by atoms with E-state index in [1.54, 1.807) is 6.92 Å². The minimum absolute atomic E-state index is 0.0777. The van der Waals surface area contributed by atoms with Crippen molar-refractivity contribution in [2.45, 2.75) is 66.5 Å². The molecule has 3 nitrogen and oxygen atoms in total. The van der Waals surface area contributed by atoms with E-state index in [0.717, 1.165) is 27.8 Å². The fourth-order valence-corrected chi connectivity index (χ4v) is 2.62. The van der Waals surface area contributed by atoms with Crippen molar-refractivity contribution in [2.24, 2.45) is 4.99 Å². The SMILES string of the molecule is CC(=O)c1cc(C)c(C)c(C2=NC(C)(C)C(C)(C)O2)c1C. The molecule has 0 aliphatic carbocycles. The van der Waals surface area contributed by atoms with Crippen LogP contribution in [-0.4, -0.2) is 22.8 Å². The highest BCUT2D eigenvalue weighted by molar-refractivity contribution is 6.04. The van der Waals surface area contributed by atoms with Crippen LogP contribution in [0.4, 0.5) is 0 Å². The van der Waals surface area contributed by atoms with Gasteiger partial charge in [0.1, 0.15) is 5.60 Å². The molecule has 1 aliphatic rings. The maximum absolute atomic E-state index is 11.9. The van der Waals surface area contributed by atoms with Crippen LogP contribution in [0.2, 0.25) is 0 Å². The van der Waals surface area contributed by atoms with Crippen molar-refractivity contribution in [1.29, 1.82) is 0 Å². The number of rotatable bonds is 2. The zero-order chi connectivity index (χ0) is 16.2. The van der Waals surface area contributed by atoms with E-state index >= 15 is 0 Å². The predicted molar refractivity (Wildman–Crippen MR) is 86.4 cm³/mol. The molecule has 114 valence electrons. The largest absolute Gasteiger partial charge is 0.469 e. The molecule has 0 radical (unpaired) electrons. The number of Topliss-reactive ketones (excluding diaryl/α,β-unsaturated/α-hetero) is 1. The van der Waals surface area contributed by atoms with Crippen molar-refractivity contribution in [1.82, 2.24) is 0 Å².